The van der Waals surface area contributed by atoms with Crippen LogP contribution in [0.25, 0.3) is 0 Å². The second kappa shape index (κ2) is 6.60. The molecule has 0 aliphatic carbocycles. The molecule has 2 rings (SSSR count). The van der Waals surface area contributed by atoms with Crippen LogP contribution in [0.1, 0.15) is 50.2 Å². The van der Waals surface area contributed by atoms with E-state index < -0.39 is 6.10 Å². The van der Waals surface area contributed by atoms with Gasteiger partial charge < -0.3 is 10.0 Å². The number of aliphatic hydroxyl groups excluding tert-OH is 1. The fourth-order valence-corrected chi connectivity index (χ4v) is 2.87. The second-order valence-corrected chi connectivity index (χ2v) is 6.52. The summed E-state index contributed by atoms with van der Waals surface area (Å²) < 4.78 is 1.95. The van der Waals surface area contributed by atoms with E-state index in [1.54, 1.807) is 11.1 Å². The van der Waals surface area contributed by atoms with Crippen LogP contribution in [0.3, 0.4) is 0 Å². The van der Waals surface area contributed by atoms with Gasteiger partial charge in [0, 0.05) is 19.6 Å². The molecule has 1 saturated heterocycles. The maximum Gasteiger partial charge on any atom is 0.257 e. The number of amides is 1. The van der Waals surface area contributed by atoms with Gasteiger partial charge in [0.2, 0.25) is 0 Å². The quantitative estimate of drug-likeness (QED) is 0.923. The summed E-state index contributed by atoms with van der Waals surface area (Å²) in [4.78, 5) is 14.5. The van der Waals surface area contributed by atoms with Crippen LogP contribution in [0.4, 0.5) is 0 Å². The van der Waals surface area contributed by atoms with Crippen molar-refractivity contribution in [1.82, 2.24) is 14.7 Å². The first kappa shape index (κ1) is 16.0. The van der Waals surface area contributed by atoms with E-state index in [-0.39, 0.29) is 11.8 Å². The summed E-state index contributed by atoms with van der Waals surface area (Å²) >= 11 is 0. The predicted molar refractivity (Wildman–Crippen MR) is 82.1 cm³/mol. The summed E-state index contributed by atoms with van der Waals surface area (Å²) in [6, 6.07) is 0. The molecule has 2 unspecified atom stereocenters. The molecule has 5 nitrogen and oxygen atoms in total. The Bertz CT molecular complexity index is 496. The summed E-state index contributed by atoms with van der Waals surface area (Å²) in [5.41, 5.74) is 1.70. The molecule has 1 aliphatic heterocycles. The fraction of sp³-hybridized carbons (Fsp3) is 0.750. The minimum Gasteiger partial charge on any atom is -0.391 e. The molecule has 0 saturated carbocycles. The van der Waals surface area contributed by atoms with Gasteiger partial charge in [0.25, 0.3) is 5.91 Å². The molecule has 118 valence electrons. The van der Waals surface area contributed by atoms with E-state index in [1.165, 1.54) is 0 Å². The van der Waals surface area contributed by atoms with Gasteiger partial charge in [-0.2, -0.15) is 5.10 Å². The van der Waals surface area contributed by atoms with Gasteiger partial charge in [0.1, 0.15) is 0 Å². The summed E-state index contributed by atoms with van der Waals surface area (Å²) in [7, 11) is 0. The Labute approximate surface area is 126 Å². The second-order valence-electron chi connectivity index (χ2n) is 6.52. The highest BCUT2D eigenvalue weighted by Crippen LogP contribution is 2.21. The van der Waals surface area contributed by atoms with Crippen molar-refractivity contribution in [3.8, 4) is 0 Å². The van der Waals surface area contributed by atoms with Gasteiger partial charge in [-0.3, -0.25) is 9.48 Å². The summed E-state index contributed by atoms with van der Waals surface area (Å²) in [5.74, 6) is 0.770. The number of piperidine rings is 1. The number of carbonyl (C=O) groups excluding carboxylic acids is 1. The monoisotopic (exact) mass is 293 g/mol. The number of rotatable bonds is 4. The van der Waals surface area contributed by atoms with Gasteiger partial charge in [-0.15, -0.1) is 0 Å². The molecule has 0 aromatic carbocycles. The zero-order chi connectivity index (χ0) is 15.6. The van der Waals surface area contributed by atoms with Crippen molar-refractivity contribution in [3.05, 3.63) is 17.5 Å². The van der Waals surface area contributed by atoms with Gasteiger partial charge in [-0.1, -0.05) is 27.7 Å². The van der Waals surface area contributed by atoms with Crippen LogP contribution < -0.4 is 0 Å². The van der Waals surface area contributed by atoms with Crippen molar-refractivity contribution in [2.75, 3.05) is 13.1 Å². The molecular weight excluding hydrogens is 266 g/mol. The number of carbonyl (C=O) groups is 1. The average Bonchev–Trinajstić information content (AvgIpc) is 2.83. The lowest BCUT2D eigenvalue weighted by Crippen LogP contribution is -2.46. The topological polar surface area (TPSA) is 58.4 Å². The first-order valence-corrected chi connectivity index (χ1v) is 7.96. The summed E-state index contributed by atoms with van der Waals surface area (Å²) in [5, 5.41) is 14.4. The Hall–Kier alpha value is -1.36. The van der Waals surface area contributed by atoms with Crippen molar-refractivity contribution < 1.29 is 9.90 Å². The highest BCUT2D eigenvalue weighted by molar-refractivity contribution is 5.95. The molecule has 0 spiro atoms. The van der Waals surface area contributed by atoms with Crippen molar-refractivity contribution in [1.29, 1.82) is 0 Å². The molecule has 1 amide bonds. The smallest absolute Gasteiger partial charge is 0.257 e. The molecule has 2 atom stereocenters. The molecule has 2 heterocycles. The molecule has 5 heteroatoms. The Morgan fingerprint density at radius 2 is 2.24 bits per heavy atom. The highest BCUT2D eigenvalue weighted by Gasteiger charge is 2.29. The third-order valence-electron chi connectivity index (χ3n) is 4.26. The van der Waals surface area contributed by atoms with Crippen LogP contribution >= 0.6 is 0 Å². The molecule has 1 fully saturated rings. The zero-order valence-corrected chi connectivity index (χ0v) is 13.5. The summed E-state index contributed by atoms with van der Waals surface area (Å²) in [6.45, 7) is 10.3. The number of aromatic nitrogens is 2. The normalized spacial score (nSPS) is 22.9. The van der Waals surface area contributed by atoms with Gasteiger partial charge in [0.15, 0.2) is 0 Å². The molecule has 1 N–H and O–H groups in total. The third-order valence-corrected chi connectivity index (χ3v) is 4.26. The van der Waals surface area contributed by atoms with Crippen molar-refractivity contribution in [3.63, 3.8) is 0 Å². The average molecular weight is 293 g/mol. The highest BCUT2D eigenvalue weighted by atomic mass is 16.3. The van der Waals surface area contributed by atoms with Crippen molar-refractivity contribution >= 4 is 5.91 Å². The molecule has 1 aromatic heterocycles. The fourth-order valence-electron chi connectivity index (χ4n) is 2.87. The number of likely N-dealkylation sites (tertiary alicyclic amines) is 1. The van der Waals surface area contributed by atoms with E-state index in [1.807, 2.05) is 11.6 Å². The Balaban J connectivity index is 2.17. The number of nitrogens with zero attached hydrogens (tertiary/aromatic N) is 3. The predicted octanol–water partition coefficient (Wildman–Crippen LogP) is 1.94. The van der Waals surface area contributed by atoms with Crippen LogP contribution in [0.15, 0.2) is 6.20 Å². The molecule has 1 aliphatic rings. The van der Waals surface area contributed by atoms with E-state index in [0.717, 1.165) is 31.6 Å². The van der Waals surface area contributed by atoms with Gasteiger partial charge in [-0.05, 0) is 24.7 Å². The Kier molecular flexibility index (Phi) is 5.04. The van der Waals surface area contributed by atoms with E-state index in [4.69, 9.17) is 0 Å². The van der Waals surface area contributed by atoms with Crippen LogP contribution in [-0.2, 0) is 13.0 Å². The third kappa shape index (κ3) is 3.46. The number of hydrogen-bond acceptors (Lipinski definition) is 3. The molecule has 0 bridgehead atoms. The maximum absolute atomic E-state index is 12.7. The SMILES string of the molecule is CCc1c(C(=O)N2CCC(C)C(O)C2)cnn1CC(C)C. The standard InChI is InChI=1S/C16H27N3O2/c1-5-14-13(8-17-19(14)9-11(2)3)16(21)18-7-6-12(4)15(20)10-18/h8,11-12,15,20H,5-7,9-10H2,1-4H3. The van der Waals surface area contributed by atoms with E-state index in [2.05, 4.69) is 25.9 Å². The van der Waals surface area contributed by atoms with Crippen LogP contribution in [0, 0.1) is 11.8 Å². The molecule has 1 aromatic rings. The lowest BCUT2D eigenvalue weighted by atomic mass is 9.95. The molecular formula is C16H27N3O2. The van der Waals surface area contributed by atoms with E-state index in [0.29, 0.717) is 18.0 Å². The molecule has 0 radical (unpaired) electrons. The minimum absolute atomic E-state index is 0.00723. The molecule has 21 heavy (non-hydrogen) atoms. The van der Waals surface area contributed by atoms with Crippen molar-refractivity contribution in [2.45, 2.75) is 53.2 Å². The lowest BCUT2D eigenvalue weighted by molar-refractivity contribution is 0.0248. The van der Waals surface area contributed by atoms with E-state index >= 15 is 0 Å². The van der Waals surface area contributed by atoms with E-state index in [9.17, 15) is 9.90 Å². The Morgan fingerprint density at radius 1 is 1.52 bits per heavy atom. The van der Waals surface area contributed by atoms with Crippen LogP contribution in [0.2, 0.25) is 0 Å². The van der Waals surface area contributed by atoms with Gasteiger partial charge in [0.05, 0.1) is 23.6 Å². The van der Waals surface area contributed by atoms with Gasteiger partial charge in [-0.25, -0.2) is 0 Å². The maximum atomic E-state index is 12.7. The zero-order valence-electron chi connectivity index (χ0n) is 13.5. The minimum atomic E-state index is -0.418. The lowest BCUT2D eigenvalue weighted by Gasteiger charge is -2.34. The first-order chi connectivity index (χ1) is 9.93. The number of β-amino-alcohol motifs (C(OH)–C–C–N with tert-alkyl or cyclic N) is 1. The van der Waals surface area contributed by atoms with Crippen LogP contribution in [0.5, 0.6) is 0 Å². The van der Waals surface area contributed by atoms with Crippen molar-refractivity contribution in [2.24, 2.45) is 11.8 Å². The Morgan fingerprint density at radius 3 is 2.81 bits per heavy atom. The number of hydrogen-bond donors (Lipinski definition) is 1. The van der Waals surface area contributed by atoms with Crippen LogP contribution in [-0.4, -0.2) is 44.9 Å². The summed E-state index contributed by atoms with van der Waals surface area (Å²) in [6.07, 6.45) is 2.92. The first-order valence-electron chi connectivity index (χ1n) is 7.96. The number of aliphatic hydroxyl groups is 1. The largest absolute Gasteiger partial charge is 0.391 e. The van der Waals surface area contributed by atoms with Gasteiger partial charge >= 0.3 is 0 Å².